The Morgan fingerprint density at radius 1 is 1.20 bits per heavy atom. The van der Waals surface area contributed by atoms with Gasteiger partial charge in [0, 0.05) is 19.4 Å². The molecule has 3 rings (SSSR count). The summed E-state index contributed by atoms with van der Waals surface area (Å²) in [4.78, 5) is 17.8. The van der Waals surface area contributed by atoms with Crippen LogP contribution in [-0.4, -0.2) is 23.6 Å². The fourth-order valence-corrected chi connectivity index (χ4v) is 3.09. The van der Waals surface area contributed by atoms with Crippen LogP contribution in [0, 0.1) is 12.4 Å². The average Bonchev–Trinajstić information content (AvgIpc) is 2.67. The summed E-state index contributed by atoms with van der Waals surface area (Å²) in [6.07, 6.45) is 0.763. The number of halogens is 1. The summed E-state index contributed by atoms with van der Waals surface area (Å²) in [5.41, 5.74) is 1.75. The highest BCUT2D eigenvalue weighted by Gasteiger charge is 2.36. The smallest absolute Gasteiger partial charge is 0.410 e. The van der Waals surface area contributed by atoms with E-state index in [4.69, 9.17) is 11.3 Å². The standard InChI is InChI=1S/C20H19FN2O2/c1-22-18-11-12-23(19(13-18)16-7-9-17(21)10-8-16)20(24)25-14-15-5-3-2-4-6-15/h2-10,18-19H,11-14H2/t18-,19+/m1/s1. The average molecular weight is 338 g/mol. The Labute approximate surface area is 146 Å². The fraction of sp³-hybridized carbons (Fsp3) is 0.300. The summed E-state index contributed by atoms with van der Waals surface area (Å²) in [5.74, 6) is -0.320. The molecule has 2 aromatic carbocycles. The van der Waals surface area contributed by atoms with Crippen molar-refractivity contribution in [3.8, 4) is 0 Å². The molecule has 1 heterocycles. The third-order valence-corrected chi connectivity index (χ3v) is 4.45. The third-order valence-electron chi connectivity index (χ3n) is 4.45. The minimum atomic E-state index is -0.401. The summed E-state index contributed by atoms with van der Waals surface area (Å²) < 4.78 is 18.7. The second-order valence-corrected chi connectivity index (χ2v) is 6.11. The summed E-state index contributed by atoms with van der Waals surface area (Å²) in [6, 6.07) is 15.2. The van der Waals surface area contributed by atoms with Crippen LogP contribution in [0.4, 0.5) is 9.18 Å². The number of carbonyl (C=O) groups excluding carboxylic acids is 1. The van der Waals surface area contributed by atoms with E-state index in [1.54, 1.807) is 17.0 Å². The Balaban J connectivity index is 1.73. The van der Waals surface area contributed by atoms with Gasteiger partial charge < -0.3 is 14.5 Å². The predicted octanol–water partition coefficient (Wildman–Crippen LogP) is 4.59. The van der Waals surface area contributed by atoms with Crippen LogP contribution < -0.4 is 0 Å². The molecule has 0 radical (unpaired) electrons. The zero-order chi connectivity index (χ0) is 17.6. The van der Waals surface area contributed by atoms with Gasteiger partial charge in [0.2, 0.25) is 6.04 Å². The maximum Gasteiger partial charge on any atom is 0.410 e. The van der Waals surface area contributed by atoms with Crippen LogP contribution in [0.25, 0.3) is 4.85 Å². The Morgan fingerprint density at radius 3 is 2.60 bits per heavy atom. The van der Waals surface area contributed by atoms with Gasteiger partial charge >= 0.3 is 6.09 Å². The molecule has 128 valence electrons. The molecule has 1 saturated heterocycles. The van der Waals surface area contributed by atoms with Crippen molar-refractivity contribution in [2.45, 2.75) is 31.5 Å². The molecule has 0 spiro atoms. The number of piperidine rings is 1. The summed E-state index contributed by atoms with van der Waals surface area (Å²) in [6.45, 7) is 7.95. The molecule has 1 aliphatic rings. The molecule has 0 unspecified atom stereocenters. The van der Waals surface area contributed by atoms with E-state index in [0.717, 1.165) is 11.1 Å². The molecule has 2 atom stereocenters. The van der Waals surface area contributed by atoms with Crippen molar-refractivity contribution < 1.29 is 13.9 Å². The molecule has 0 N–H and O–H groups in total. The predicted molar refractivity (Wildman–Crippen MR) is 92.1 cm³/mol. The van der Waals surface area contributed by atoms with Gasteiger partial charge in [0.05, 0.1) is 6.04 Å². The van der Waals surface area contributed by atoms with Crippen molar-refractivity contribution in [2.24, 2.45) is 0 Å². The molecule has 5 heteroatoms. The topological polar surface area (TPSA) is 33.9 Å². The minimum Gasteiger partial charge on any atom is -0.445 e. The van der Waals surface area contributed by atoms with E-state index in [1.807, 2.05) is 30.3 Å². The molecule has 1 fully saturated rings. The first-order valence-electron chi connectivity index (χ1n) is 8.26. The number of amides is 1. The molecule has 2 aromatic rings. The van der Waals surface area contributed by atoms with Crippen molar-refractivity contribution in [1.82, 2.24) is 4.90 Å². The third kappa shape index (κ3) is 4.16. The summed E-state index contributed by atoms with van der Waals surface area (Å²) in [5, 5.41) is 0. The SMILES string of the molecule is [C-]#[N+][C@@H]1CCN(C(=O)OCc2ccccc2)[C@H](c2ccc(F)cc2)C1. The molecule has 0 aliphatic carbocycles. The van der Waals surface area contributed by atoms with E-state index in [0.29, 0.717) is 19.4 Å². The van der Waals surface area contributed by atoms with Crippen LogP contribution in [0.15, 0.2) is 54.6 Å². The quantitative estimate of drug-likeness (QED) is 0.767. The lowest BCUT2D eigenvalue weighted by molar-refractivity contribution is 0.0668. The maximum atomic E-state index is 13.2. The fourth-order valence-electron chi connectivity index (χ4n) is 3.09. The van der Waals surface area contributed by atoms with Crippen LogP contribution in [0.1, 0.15) is 30.0 Å². The molecule has 0 saturated carbocycles. The Hall–Kier alpha value is -2.87. The lowest BCUT2D eigenvalue weighted by Gasteiger charge is -2.35. The molecule has 1 aliphatic heterocycles. The number of hydrogen-bond acceptors (Lipinski definition) is 2. The van der Waals surface area contributed by atoms with E-state index < -0.39 is 6.09 Å². The van der Waals surface area contributed by atoms with E-state index >= 15 is 0 Å². The van der Waals surface area contributed by atoms with Crippen molar-refractivity contribution in [2.75, 3.05) is 6.54 Å². The Kier molecular flexibility index (Phi) is 5.30. The van der Waals surface area contributed by atoms with Crippen molar-refractivity contribution >= 4 is 6.09 Å². The van der Waals surface area contributed by atoms with Gasteiger partial charge in [-0.25, -0.2) is 15.8 Å². The van der Waals surface area contributed by atoms with Gasteiger partial charge in [-0.15, -0.1) is 0 Å². The number of benzene rings is 2. The van der Waals surface area contributed by atoms with Crippen LogP contribution >= 0.6 is 0 Å². The number of ether oxygens (including phenoxy) is 1. The second kappa shape index (κ2) is 7.80. The van der Waals surface area contributed by atoms with E-state index in [1.165, 1.54) is 12.1 Å². The molecular weight excluding hydrogens is 319 g/mol. The zero-order valence-electron chi connectivity index (χ0n) is 13.8. The van der Waals surface area contributed by atoms with Gasteiger partial charge in [-0.1, -0.05) is 42.5 Å². The lowest BCUT2D eigenvalue weighted by Crippen LogP contribution is -2.42. The molecule has 0 aromatic heterocycles. The highest BCUT2D eigenvalue weighted by molar-refractivity contribution is 5.68. The molecule has 1 amide bonds. The normalized spacial score (nSPS) is 19.9. The number of nitrogens with zero attached hydrogens (tertiary/aromatic N) is 2. The lowest BCUT2D eigenvalue weighted by atomic mass is 9.92. The van der Waals surface area contributed by atoms with Crippen molar-refractivity contribution in [1.29, 1.82) is 0 Å². The molecule has 4 nitrogen and oxygen atoms in total. The van der Waals surface area contributed by atoms with Crippen LogP contribution in [0.2, 0.25) is 0 Å². The first-order valence-corrected chi connectivity index (χ1v) is 8.26. The number of carbonyl (C=O) groups is 1. The Morgan fingerprint density at radius 2 is 1.92 bits per heavy atom. The summed E-state index contributed by atoms with van der Waals surface area (Å²) >= 11 is 0. The van der Waals surface area contributed by atoms with Gasteiger partial charge in [0.15, 0.2) is 0 Å². The van der Waals surface area contributed by atoms with Crippen LogP contribution in [-0.2, 0) is 11.3 Å². The second-order valence-electron chi connectivity index (χ2n) is 6.11. The van der Waals surface area contributed by atoms with Gasteiger partial charge in [-0.05, 0) is 23.3 Å². The maximum absolute atomic E-state index is 13.2. The first kappa shape index (κ1) is 17.0. The highest BCUT2D eigenvalue weighted by Crippen LogP contribution is 2.33. The molecule has 25 heavy (non-hydrogen) atoms. The van der Waals surface area contributed by atoms with Gasteiger partial charge in [-0.2, -0.15) is 0 Å². The van der Waals surface area contributed by atoms with E-state index in [-0.39, 0.29) is 24.5 Å². The first-order chi connectivity index (χ1) is 12.2. The number of rotatable bonds is 3. The monoisotopic (exact) mass is 338 g/mol. The highest BCUT2D eigenvalue weighted by atomic mass is 19.1. The number of hydrogen-bond donors (Lipinski definition) is 0. The van der Waals surface area contributed by atoms with Crippen molar-refractivity contribution in [3.63, 3.8) is 0 Å². The summed E-state index contributed by atoms with van der Waals surface area (Å²) in [7, 11) is 0. The minimum absolute atomic E-state index is 0.131. The van der Waals surface area contributed by atoms with Gasteiger partial charge in [-0.3, -0.25) is 0 Å². The van der Waals surface area contributed by atoms with Gasteiger partial charge in [0.25, 0.3) is 0 Å². The molecule has 0 bridgehead atoms. The Bertz CT molecular complexity index is 756. The van der Waals surface area contributed by atoms with Gasteiger partial charge in [0.1, 0.15) is 12.4 Å². The number of likely N-dealkylation sites (tertiary alicyclic amines) is 1. The van der Waals surface area contributed by atoms with Crippen molar-refractivity contribution in [3.05, 3.63) is 83.0 Å². The largest absolute Gasteiger partial charge is 0.445 e. The molecular formula is C20H19FN2O2. The van der Waals surface area contributed by atoms with Crippen LogP contribution in [0.5, 0.6) is 0 Å². The zero-order valence-corrected chi connectivity index (χ0v) is 13.8. The van der Waals surface area contributed by atoms with E-state index in [2.05, 4.69) is 4.85 Å². The van der Waals surface area contributed by atoms with E-state index in [9.17, 15) is 9.18 Å². The van der Waals surface area contributed by atoms with Crippen LogP contribution in [0.3, 0.4) is 0 Å².